The van der Waals surface area contributed by atoms with E-state index in [9.17, 15) is 13.6 Å². The second-order valence-electron chi connectivity index (χ2n) is 9.45. The summed E-state index contributed by atoms with van der Waals surface area (Å²) < 4.78 is 42.1. The predicted octanol–water partition coefficient (Wildman–Crippen LogP) is 4.36. The van der Waals surface area contributed by atoms with E-state index in [2.05, 4.69) is 21.8 Å². The molecule has 0 amide bonds. The first-order chi connectivity index (χ1) is 16.4. The summed E-state index contributed by atoms with van der Waals surface area (Å²) in [5.41, 5.74) is 0.557. The number of anilines is 1. The largest absolute Gasteiger partial charge is 0.473 e. The smallest absolute Gasteiger partial charge is 0.352 e. The highest BCUT2D eigenvalue weighted by molar-refractivity contribution is 5.55. The molecule has 2 fully saturated rings. The van der Waals surface area contributed by atoms with E-state index in [-0.39, 0.29) is 29.3 Å². The van der Waals surface area contributed by atoms with Gasteiger partial charge in [-0.05, 0) is 55.9 Å². The lowest BCUT2D eigenvalue weighted by Gasteiger charge is -2.34. The van der Waals surface area contributed by atoms with E-state index in [0.717, 1.165) is 37.2 Å². The first kappa shape index (κ1) is 21.1. The minimum Gasteiger partial charge on any atom is -0.473 e. The third kappa shape index (κ3) is 3.33. The van der Waals surface area contributed by atoms with Gasteiger partial charge >= 0.3 is 5.69 Å². The molecule has 1 saturated carbocycles. The Morgan fingerprint density at radius 2 is 2.00 bits per heavy atom. The first-order valence-corrected chi connectivity index (χ1v) is 11.5. The van der Waals surface area contributed by atoms with Crippen LogP contribution >= 0.6 is 0 Å². The highest BCUT2D eigenvalue weighted by Crippen LogP contribution is 2.58. The first-order valence-electron chi connectivity index (χ1n) is 11.5. The summed E-state index contributed by atoms with van der Waals surface area (Å²) in [7, 11) is 0. The zero-order valence-electron chi connectivity index (χ0n) is 18.9. The highest BCUT2D eigenvalue weighted by atomic mass is 19.1. The van der Waals surface area contributed by atoms with E-state index in [0.29, 0.717) is 29.9 Å². The molecular weight excluding hydrogens is 442 g/mol. The number of rotatable bonds is 6. The number of pyridine rings is 1. The van der Waals surface area contributed by atoms with Gasteiger partial charge in [-0.25, -0.2) is 13.6 Å². The van der Waals surface area contributed by atoms with Crippen LogP contribution in [0.1, 0.15) is 37.4 Å². The van der Waals surface area contributed by atoms with Crippen molar-refractivity contribution in [2.45, 2.75) is 57.8 Å². The van der Waals surface area contributed by atoms with Gasteiger partial charge < -0.3 is 14.4 Å². The molecule has 3 unspecified atom stereocenters. The molecule has 2 aliphatic heterocycles. The van der Waals surface area contributed by atoms with Crippen LogP contribution in [0.4, 0.5) is 14.6 Å². The van der Waals surface area contributed by atoms with Crippen molar-refractivity contribution < 1.29 is 18.3 Å². The molecule has 1 aromatic carbocycles. The number of fused-ring (bicyclic) bond motifs is 5. The topological polar surface area (TPSA) is 69.5 Å². The molecule has 0 radical (unpaired) electrons. The Hall–Kier alpha value is -3.49. The Bertz CT molecular complexity index is 1340. The summed E-state index contributed by atoms with van der Waals surface area (Å²) in [4.78, 5) is 23.2. The van der Waals surface area contributed by atoms with Gasteiger partial charge in [0.15, 0.2) is 17.4 Å². The zero-order chi connectivity index (χ0) is 23.6. The van der Waals surface area contributed by atoms with Crippen molar-refractivity contribution >= 4 is 5.82 Å². The molecule has 176 valence electrons. The van der Waals surface area contributed by atoms with Crippen molar-refractivity contribution in [1.82, 2.24) is 14.5 Å². The van der Waals surface area contributed by atoms with Gasteiger partial charge in [0, 0.05) is 30.1 Å². The molecular formula is C25H24F2N4O3. The fourth-order valence-corrected chi connectivity index (χ4v) is 5.53. The third-order valence-electron chi connectivity index (χ3n) is 7.23. The summed E-state index contributed by atoms with van der Waals surface area (Å²) in [5.74, 6) is -0.216. The van der Waals surface area contributed by atoms with Crippen molar-refractivity contribution in [3.05, 3.63) is 69.9 Å². The molecule has 2 aromatic heterocycles. The van der Waals surface area contributed by atoms with Gasteiger partial charge in [-0.15, -0.1) is 0 Å². The van der Waals surface area contributed by atoms with Gasteiger partial charge in [0.2, 0.25) is 5.88 Å². The van der Waals surface area contributed by atoms with Crippen LogP contribution in [-0.4, -0.2) is 26.1 Å². The molecule has 0 spiro atoms. The average Bonchev–Trinajstić information content (AvgIpc) is 3.34. The van der Waals surface area contributed by atoms with Crippen LogP contribution in [0.15, 0.2) is 41.3 Å². The summed E-state index contributed by atoms with van der Waals surface area (Å²) >= 11 is 0. The number of benzene rings is 1. The minimum atomic E-state index is -0.848. The van der Waals surface area contributed by atoms with Crippen LogP contribution in [0.3, 0.4) is 0 Å². The number of nitrogens with zero attached hydrogens (tertiary/aromatic N) is 4. The number of ether oxygens (including phenoxy) is 2. The van der Waals surface area contributed by atoms with Crippen LogP contribution in [0.25, 0.3) is 0 Å². The van der Waals surface area contributed by atoms with Crippen molar-refractivity contribution in [3.63, 3.8) is 0 Å². The SMILES string of the molecule is CCC12CC3CC3N1c1cc(OCc3cc(F)c(Oc4ccnc(C)c4)c(F)c3)nc(=O)n1C2. The lowest BCUT2D eigenvalue weighted by atomic mass is 9.91. The Morgan fingerprint density at radius 3 is 2.74 bits per heavy atom. The number of piperidine rings is 1. The molecule has 4 heterocycles. The Balaban J connectivity index is 1.22. The summed E-state index contributed by atoms with van der Waals surface area (Å²) in [5, 5.41) is 0. The Kier molecular flexibility index (Phi) is 4.65. The van der Waals surface area contributed by atoms with Gasteiger partial charge in [-0.1, -0.05) is 6.92 Å². The normalized spacial score (nSPS) is 23.9. The minimum absolute atomic E-state index is 0.0184. The molecule has 3 aromatic rings. The van der Waals surface area contributed by atoms with E-state index >= 15 is 0 Å². The van der Waals surface area contributed by atoms with Crippen molar-refractivity contribution in [3.8, 4) is 17.4 Å². The van der Waals surface area contributed by atoms with Crippen LogP contribution in [0, 0.1) is 24.5 Å². The number of aryl methyl sites for hydroxylation is 1. The van der Waals surface area contributed by atoms with Gasteiger partial charge in [-0.3, -0.25) is 9.55 Å². The van der Waals surface area contributed by atoms with E-state index in [1.165, 1.54) is 12.3 Å². The molecule has 1 saturated heterocycles. The van der Waals surface area contributed by atoms with Crippen LogP contribution in [0.5, 0.6) is 17.4 Å². The summed E-state index contributed by atoms with van der Waals surface area (Å²) in [6, 6.07) is 7.68. The van der Waals surface area contributed by atoms with Crippen LogP contribution < -0.4 is 20.1 Å². The van der Waals surface area contributed by atoms with Crippen LogP contribution in [-0.2, 0) is 13.2 Å². The zero-order valence-corrected chi connectivity index (χ0v) is 18.9. The van der Waals surface area contributed by atoms with E-state index in [1.54, 1.807) is 23.6 Å². The maximum absolute atomic E-state index is 14.6. The van der Waals surface area contributed by atoms with E-state index in [4.69, 9.17) is 9.47 Å². The summed E-state index contributed by atoms with van der Waals surface area (Å²) in [6.45, 7) is 4.43. The van der Waals surface area contributed by atoms with E-state index < -0.39 is 17.4 Å². The summed E-state index contributed by atoms with van der Waals surface area (Å²) in [6.07, 6.45) is 4.71. The highest BCUT2D eigenvalue weighted by Gasteiger charge is 2.62. The van der Waals surface area contributed by atoms with Crippen molar-refractivity contribution in [1.29, 1.82) is 0 Å². The van der Waals surface area contributed by atoms with Crippen molar-refractivity contribution in [2.75, 3.05) is 4.90 Å². The quantitative estimate of drug-likeness (QED) is 0.538. The molecule has 0 N–H and O–H groups in total. The van der Waals surface area contributed by atoms with Crippen molar-refractivity contribution in [2.24, 2.45) is 5.92 Å². The van der Waals surface area contributed by atoms with Crippen LogP contribution in [0.2, 0.25) is 0 Å². The fourth-order valence-electron chi connectivity index (χ4n) is 5.53. The van der Waals surface area contributed by atoms with Gasteiger partial charge in [0.05, 0.1) is 12.1 Å². The lowest BCUT2D eigenvalue weighted by Crippen LogP contribution is -2.43. The molecule has 0 bridgehead atoms. The maximum Gasteiger partial charge on any atom is 0.352 e. The molecule has 3 aliphatic rings. The molecule has 7 nitrogen and oxygen atoms in total. The second-order valence-corrected chi connectivity index (χ2v) is 9.45. The molecule has 3 atom stereocenters. The third-order valence-corrected chi connectivity index (χ3v) is 7.23. The number of hydrogen-bond donors (Lipinski definition) is 0. The molecule has 34 heavy (non-hydrogen) atoms. The predicted molar refractivity (Wildman–Crippen MR) is 120 cm³/mol. The number of hydrogen-bond acceptors (Lipinski definition) is 6. The maximum atomic E-state index is 14.6. The van der Waals surface area contributed by atoms with Gasteiger partial charge in [0.1, 0.15) is 18.2 Å². The standard InChI is InChI=1S/C25H24F2N4O3/c1-3-25-11-16-9-20(16)31(25)22-10-21(29-24(32)30(22)13-25)33-12-15-7-18(26)23(19(27)8-15)34-17-4-5-28-14(2)6-17/h4-8,10,16,20H,3,9,11-13H2,1-2H3. The van der Waals surface area contributed by atoms with Gasteiger partial charge in [-0.2, -0.15) is 4.98 Å². The molecule has 6 rings (SSSR count). The Morgan fingerprint density at radius 1 is 1.21 bits per heavy atom. The average molecular weight is 466 g/mol. The fraction of sp³-hybridized carbons (Fsp3) is 0.400. The molecule has 9 heteroatoms. The second kappa shape index (κ2) is 7.51. The molecule has 1 aliphatic carbocycles. The van der Waals surface area contributed by atoms with E-state index in [1.807, 2.05) is 0 Å². The van der Waals surface area contributed by atoms with Gasteiger partial charge in [0.25, 0.3) is 0 Å². The number of aromatic nitrogens is 3. The number of halogens is 2. The lowest BCUT2D eigenvalue weighted by molar-refractivity contribution is 0.289. The Labute approximate surface area is 195 Å². The monoisotopic (exact) mass is 466 g/mol.